The van der Waals surface area contributed by atoms with Crippen molar-refractivity contribution in [1.29, 1.82) is 0 Å². The third kappa shape index (κ3) is 9.55. The summed E-state index contributed by atoms with van der Waals surface area (Å²) in [6.45, 7) is 1.24. The van der Waals surface area contributed by atoms with E-state index in [-0.39, 0.29) is 23.2 Å². The Hall–Kier alpha value is -1.15. The molecule has 1 amide bonds. The quantitative estimate of drug-likeness (QED) is 0.543. The summed E-state index contributed by atoms with van der Waals surface area (Å²) in [5.41, 5.74) is 6.36. The molecule has 0 radical (unpaired) electrons. The number of rotatable bonds is 10. The molecule has 0 aliphatic rings. The van der Waals surface area contributed by atoms with Gasteiger partial charge in [0.15, 0.2) is 0 Å². The maximum absolute atomic E-state index is 11.6. The van der Waals surface area contributed by atoms with Crippen molar-refractivity contribution >= 4 is 28.3 Å². The molecule has 0 fully saturated rings. The zero-order valence-corrected chi connectivity index (χ0v) is 14.8. The summed E-state index contributed by atoms with van der Waals surface area (Å²) in [5, 5.41) is 7.89. The van der Waals surface area contributed by atoms with Gasteiger partial charge < -0.3 is 11.1 Å². The number of benzene rings is 1. The minimum absolute atomic E-state index is 0. The summed E-state index contributed by atoms with van der Waals surface area (Å²) in [6.07, 6.45) is 5.18. The van der Waals surface area contributed by atoms with Gasteiger partial charge in [-0.25, -0.2) is 13.6 Å². The van der Waals surface area contributed by atoms with Crippen LogP contribution in [0.3, 0.4) is 0 Å². The Labute approximate surface area is 144 Å². The molecule has 0 bridgehead atoms. The molecule has 0 unspecified atom stereocenters. The number of nitrogens with one attached hydrogen (secondary N) is 1. The van der Waals surface area contributed by atoms with Crippen molar-refractivity contribution < 1.29 is 13.2 Å². The van der Waals surface area contributed by atoms with Gasteiger partial charge in [-0.3, -0.25) is 4.79 Å². The van der Waals surface area contributed by atoms with Gasteiger partial charge in [0.05, 0.1) is 4.90 Å². The highest BCUT2D eigenvalue weighted by atomic mass is 35.5. The fourth-order valence-electron chi connectivity index (χ4n) is 2.06. The van der Waals surface area contributed by atoms with Gasteiger partial charge in [0.1, 0.15) is 0 Å². The minimum atomic E-state index is -3.65. The van der Waals surface area contributed by atoms with Crippen molar-refractivity contribution in [3.63, 3.8) is 0 Å². The van der Waals surface area contributed by atoms with E-state index in [2.05, 4.69) is 5.32 Å². The first-order valence-corrected chi connectivity index (χ1v) is 9.06. The highest BCUT2D eigenvalue weighted by molar-refractivity contribution is 7.89. The standard InChI is InChI=1S/C15H25N3O3S.ClH/c16-11-4-2-1-3-5-15(19)18-12-10-13-6-8-14(9-7-13)22(17,20)21;/h6-9H,1-5,10-12,16H2,(H,18,19)(H2,17,20,21);1H. The number of halogens is 1. The summed E-state index contributed by atoms with van der Waals surface area (Å²) in [6, 6.07) is 6.37. The van der Waals surface area contributed by atoms with Crippen LogP contribution in [-0.2, 0) is 21.2 Å². The van der Waals surface area contributed by atoms with Crippen molar-refractivity contribution in [2.45, 2.75) is 43.4 Å². The van der Waals surface area contributed by atoms with Crippen LogP contribution in [0.4, 0.5) is 0 Å². The molecule has 0 aliphatic heterocycles. The number of hydrogen-bond donors (Lipinski definition) is 3. The summed E-state index contributed by atoms with van der Waals surface area (Å²) < 4.78 is 22.3. The Balaban J connectivity index is 0.00000484. The third-order valence-corrected chi connectivity index (χ3v) is 4.27. The van der Waals surface area contributed by atoms with E-state index in [9.17, 15) is 13.2 Å². The topological polar surface area (TPSA) is 115 Å². The number of unbranched alkanes of at least 4 members (excludes halogenated alkanes) is 3. The molecule has 23 heavy (non-hydrogen) atoms. The van der Waals surface area contributed by atoms with E-state index in [1.807, 2.05) is 0 Å². The van der Waals surface area contributed by atoms with Crippen LogP contribution in [-0.4, -0.2) is 27.4 Å². The predicted octanol–water partition coefficient (Wildman–Crippen LogP) is 1.32. The van der Waals surface area contributed by atoms with Crippen molar-refractivity contribution in [2.24, 2.45) is 10.9 Å². The fourth-order valence-corrected chi connectivity index (χ4v) is 2.58. The molecule has 1 aromatic carbocycles. The van der Waals surface area contributed by atoms with Gasteiger partial charge in [-0.2, -0.15) is 0 Å². The molecule has 132 valence electrons. The van der Waals surface area contributed by atoms with E-state index in [1.165, 1.54) is 12.1 Å². The molecular formula is C15H26ClN3O3S. The molecule has 0 saturated carbocycles. The van der Waals surface area contributed by atoms with E-state index in [4.69, 9.17) is 10.9 Å². The van der Waals surface area contributed by atoms with Crippen molar-refractivity contribution in [3.05, 3.63) is 29.8 Å². The summed E-state index contributed by atoms with van der Waals surface area (Å²) in [7, 11) is -3.65. The number of nitrogens with two attached hydrogens (primary N) is 2. The SMILES string of the molecule is Cl.NCCCCCCC(=O)NCCc1ccc(S(N)(=O)=O)cc1. The van der Waals surface area contributed by atoms with Gasteiger partial charge >= 0.3 is 0 Å². The number of hydrogen-bond acceptors (Lipinski definition) is 4. The number of sulfonamides is 1. The van der Waals surface area contributed by atoms with E-state index < -0.39 is 10.0 Å². The van der Waals surface area contributed by atoms with Crippen molar-refractivity contribution in [3.8, 4) is 0 Å². The van der Waals surface area contributed by atoms with E-state index >= 15 is 0 Å². The zero-order valence-electron chi connectivity index (χ0n) is 13.2. The van der Waals surface area contributed by atoms with Crippen LogP contribution in [0, 0.1) is 0 Å². The van der Waals surface area contributed by atoms with Crippen LogP contribution in [0.15, 0.2) is 29.2 Å². The molecular weight excluding hydrogens is 338 g/mol. The van der Waals surface area contributed by atoms with Crippen LogP contribution in [0.25, 0.3) is 0 Å². The molecule has 0 saturated heterocycles. The van der Waals surface area contributed by atoms with E-state index in [1.54, 1.807) is 12.1 Å². The molecule has 6 nitrogen and oxygen atoms in total. The van der Waals surface area contributed by atoms with Gasteiger partial charge in [0.2, 0.25) is 15.9 Å². The largest absolute Gasteiger partial charge is 0.356 e. The van der Waals surface area contributed by atoms with Crippen LogP contribution in [0.1, 0.15) is 37.7 Å². The lowest BCUT2D eigenvalue weighted by Crippen LogP contribution is -2.25. The zero-order chi connectivity index (χ0) is 16.4. The Morgan fingerprint density at radius 2 is 1.65 bits per heavy atom. The number of amides is 1. The van der Waals surface area contributed by atoms with Gasteiger partial charge in [-0.15, -0.1) is 12.4 Å². The molecule has 8 heteroatoms. The first-order valence-electron chi connectivity index (χ1n) is 7.52. The lowest BCUT2D eigenvalue weighted by atomic mass is 10.1. The van der Waals surface area contributed by atoms with Crippen molar-refractivity contribution in [2.75, 3.05) is 13.1 Å². The maximum atomic E-state index is 11.6. The molecule has 1 rings (SSSR count). The third-order valence-electron chi connectivity index (χ3n) is 3.35. The maximum Gasteiger partial charge on any atom is 0.238 e. The first-order chi connectivity index (χ1) is 10.4. The molecule has 0 aromatic heterocycles. The van der Waals surface area contributed by atoms with E-state index in [0.29, 0.717) is 25.9 Å². The lowest BCUT2D eigenvalue weighted by molar-refractivity contribution is -0.121. The van der Waals surface area contributed by atoms with Gasteiger partial charge in [0.25, 0.3) is 0 Å². The van der Waals surface area contributed by atoms with Crippen LogP contribution in [0.2, 0.25) is 0 Å². The number of primary sulfonamides is 1. The van der Waals surface area contributed by atoms with Crippen molar-refractivity contribution in [1.82, 2.24) is 5.32 Å². The summed E-state index contributed by atoms with van der Waals surface area (Å²) in [4.78, 5) is 11.7. The first kappa shape index (κ1) is 21.9. The second-order valence-corrected chi connectivity index (χ2v) is 6.80. The molecule has 0 atom stereocenters. The normalized spacial score (nSPS) is 10.9. The van der Waals surface area contributed by atoms with Crippen LogP contribution in [0.5, 0.6) is 0 Å². The Kier molecular flexibility index (Phi) is 10.8. The van der Waals surface area contributed by atoms with Crippen LogP contribution >= 0.6 is 12.4 Å². The molecule has 0 heterocycles. The fraction of sp³-hybridized carbons (Fsp3) is 0.533. The number of carbonyl (C=O) groups is 1. The average Bonchev–Trinajstić information content (AvgIpc) is 2.46. The molecule has 0 aliphatic carbocycles. The van der Waals surface area contributed by atoms with Gasteiger partial charge in [-0.05, 0) is 43.5 Å². The highest BCUT2D eigenvalue weighted by Gasteiger charge is 2.06. The Bertz CT molecular complexity index is 562. The smallest absolute Gasteiger partial charge is 0.238 e. The van der Waals surface area contributed by atoms with Crippen LogP contribution < -0.4 is 16.2 Å². The Morgan fingerprint density at radius 1 is 1.04 bits per heavy atom. The summed E-state index contributed by atoms with van der Waals surface area (Å²) in [5.74, 6) is 0.0499. The van der Waals surface area contributed by atoms with E-state index in [0.717, 1.165) is 31.2 Å². The monoisotopic (exact) mass is 363 g/mol. The molecule has 1 aromatic rings. The second kappa shape index (κ2) is 11.4. The van der Waals surface area contributed by atoms with Gasteiger partial charge in [-0.1, -0.05) is 25.0 Å². The summed E-state index contributed by atoms with van der Waals surface area (Å²) >= 11 is 0. The Morgan fingerprint density at radius 3 is 2.22 bits per heavy atom. The minimum Gasteiger partial charge on any atom is -0.356 e. The van der Waals surface area contributed by atoms with Gasteiger partial charge in [0, 0.05) is 13.0 Å². The average molecular weight is 364 g/mol. The number of carbonyl (C=O) groups excluding carboxylic acids is 1. The second-order valence-electron chi connectivity index (χ2n) is 5.24. The highest BCUT2D eigenvalue weighted by Crippen LogP contribution is 2.09. The predicted molar refractivity (Wildman–Crippen MR) is 93.9 cm³/mol. The lowest BCUT2D eigenvalue weighted by Gasteiger charge is -2.06. The molecule has 5 N–H and O–H groups in total. The molecule has 0 spiro atoms.